The minimum atomic E-state index is 0.757. The molecule has 0 saturated carbocycles. The number of benzene rings is 1. The Balaban J connectivity index is 2.19. The van der Waals surface area contributed by atoms with Gasteiger partial charge in [-0.2, -0.15) is 0 Å². The molecule has 1 aliphatic rings. The monoisotopic (exact) mass is 248 g/mol. The van der Waals surface area contributed by atoms with E-state index in [1.165, 1.54) is 35.0 Å². The van der Waals surface area contributed by atoms with E-state index in [1.54, 1.807) is 0 Å². The van der Waals surface area contributed by atoms with Gasteiger partial charge in [0.1, 0.15) is 0 Å². The average molecular weight is 249 g/mol. The SMILES string of the molecule is NCCCc1c2n(c3ccc(Cl)cc13)CCC2. The summed E-state index contributed by atoms with van der Waals surface area (Å²) in [5, 5.41) is 2.16. The zero-order chi connectivity index (χ0) is 11.8. The first kappa shape index (κ1) is 11.1. The van der Waals surface area contributed by atoms with Crippen molar-refractivity contribution in [2.45, 2.75) is 32.2 Å². The summed E-state index contributed by atoms with van der Waals surface area (Å²) >= 11 is 6.11. The lowest BCUT2D eigenvalue weighted by molar-refractivity contribution is 0.771. The Morgan fingerprint density at radius 1 is 1.35 bits per heavy atom. The second-order valence-corrected chi connectivity index (χ2v) is 5.17. The van der Waals surface area contributed by atoms with Crippen molar-refractivity contribution in [3.63, 3.8) is 0 Å². The van der Waals surface area contributed by atoms with Gasteiger partial charge in [0.05, 0.1) is 0 Å². The molecule has 1 aromatic heterocycles. The predicted octanol–water partition coefficient (Wildman–Crippen LogP) is 3.13. The highest BCUT2D eigenvalue weighted by Crippen LogP contribution is 2.33. The molecule has 0 bridgehead atoms. The standard InChI is InChI=1S/C14H17ClN2/c15-10-5-6-14-12(9-10)11(3-1-7-16)13-4-2-8-17(13)14/h5-6,9H,1-4,7-8,16H2. The van der Waals surface area contributed by atoms with E-state index < -0.39 is 0 Å². The number of halogens is 1. The summed E-state index contributed by atoms with van der Waals surface area (Å²) in [5.41, 5.74) is 9.96. The Kier molecular flexibility index (Phi) is 2.85. The molecule has 3 rings (SSSR count). The van der Waals surface area contributed by atoms with Crippen molar-refractivity contribution in [1.82, 2.24) is 4.57 Å². The number of rotatable bonds is 3. The first-order chi connectivity index (χ1) is 8.31. The average Bonchev–Trinajstić information content (AvgIpc) is 2.87. The number of hydrogen-bond acceptors (Lipinski definition) is 1. The van der Waals surface area contributed by atoms with Gasteiger partial charge in [0.2, 0.25) is 0 Å². The van der Waals surface area contributed by atoms with Crippen LogP contribution in [0.5, 0.6) is 0 Å². The van der Waals surface area contributed by atoms with Gasteiger partial charge >= 0.3 is 0 Å². The number of aromatic nitrogens is 1. The number of fused-ring (bicyclic) bond motifs is 3. The van der Waals surface area contributed by atoms with Crippen LogP contribution in [0.3, 0.4) is 0 Å². The molecule has 0 amide bonds. The lowest BCUT2D eigenvalue weighted by Crippen LogP contribution is -2.01. The summed E-state index contributed by atoms with van der Waals surface area (Å²) in [5.74, 6) is 0. The minimum Gasteiger partial charge on any atom is -0.344 e. The maximum absolute atomic E-state index is 6.11. The highest BCUT2D eigenvalue weighted by atomic mass is 35.5. The molecular weight excluding hydrogens is 232 g/mol. The molecule has 90 valence electrons. The summed E-state index contributed by atoms with van der Waals surface area (Å²) in [6.07, 6.45) is 4.60. The molecule has 0 atom stereocenters. The van der Waals surface area contributed by atoms with Crippen LogP contribution in [-0.2, 0) is 19.4 Å². The molecule has 2 aromatic rings. The third-order valence-corrected chi connectivity index (χ3v) is 3.91. The Hall–Kier alpha value is -0.990. The quantitative estimate of drug-likeness (QED) is 0.889. The summed E-state index contributed by atoms with van der Waals surface area (Å²) in [6, 6.07) is 6.24. The van der Waals surface area contributed by atoms with Gasteiger partial charge in [-0.3, -0.25) is 0 Å². The molecule has 0 aliphatic carbocycles. The van der Waals surface area contributed by atoms with Crippen molar-refractivity contribution in [3.8, 4) is 0 Å². The second kappa shape index (κ2) is 4.35. The Morgan fingerprint density at radius 3 is 3.06 bits per heavy atom. The van der Waals surface area contributed by atoms with Gasteiger partial charge in [-0.25, -0.2) is 0 Å². The van der Waals surface area contributed by atoms with Gasteiger partial charge in [-0.1, -0.05) is 11.6 Å². The molecule has 0 unspecified atom stereocenters. The molecule has 3 heteroatoms. The van der Waals surface area contributed by atoms with Crippen LogP contribution >= 0.6 is 11.6 Å². The van der Waals surface area contributed by atoms with E-state index in [0.29, 0.717) is 0 Å². The first-order valence-corrected chi connectivity index (χ1v) is 6.68. The lowest BCUT2D eigenvalue weighted by Gasteiger charge is -2.01. The van der Waals surface area contributed by atoms with Gasteiger partial charge in [0.15, 0.2) is 0 Å². The van der Waals surface area contributed by atoms with Gasteiger partial charge < -0.3 is 10.3 Å². The van der Waals surface area contributed by atoms with E-state index in [2.05, 4.69) is 16.7 Å². The van der Waals surface area contributed by atoms with Crippen LogP contribution in [0.4, 0.5) is 0 Å². The number of hydrogen-bond donors (Lipinski definition) is 1. The fraction of sp³-hybridized carbons (Fsp3) is 0.429. The van der Waals surface area contributed by atoms with Crippen LogP contribution < -0.4 is 5.73 Å². The van der Waals surface area contributed by atoms with Crippen molar-refractivity contribution in [3.05, 3.63) is 34.5 Å². The molecule has 0 spiro atoms. The van der Waals surface area contributed by atoms with Crippen LogP contribution in [0.2, 0.25) is 5.02 Å². The molecule has 17 heavy (non-hydrogen) atoms. The van der Waals surface area contributed by atoms with Crippen molar-refractivity contribution in [2.75, 3.05) is 6.54 Å². The Morgan fingerprint density at radius 2 is 2.24 bits per heavy atom. The largest absolute Gasteiger partial charge is 0.344 e. The molecule has 1 aliphatic heterocycles. The number of aryl methyl sites for hydroxylation is 2. The van der Waals surface area contributed by atoms with Crippen LogP contribution in [0.15, 0.2) is 18.2 Å². The smallest absolute Gasteiger partial charge is 0.0486 e. The van der Waals surface area contributed by atoms with Gasteiger partial charge in [0.25, 0.3) is 0 Å². The highest BCUT2D eigenvalue weighted by molar-refractivity contribution is 6.31. The molecular formula is C14H17ClN2. The number of nitrogens with two attached hydrogens (primary N) is 1. The van der Waals surface area contributed by atoms with Crippen LogP contribution in [0, 0.1) is 0 Å². The van der Waals surface area contributed by atoms with Gasteiger partial charge in [0, 0.05) is 28.2 Å². The van der Waals surface area contributed by atoms with E-state index in [9.17, 15) is 0 Å². The summed E-state index contributed by atoms with van der Waals surface area (Å²) in [6.45, 7) is 1.91. The Labute approximate surface area is 106 Å². The van der Waals surface area contributed by atoms with Crippen molar-refractivity contribution in [1.29, 1.82) is 0 Å². The fourth-order valence-corrected chi connectivity index (χ4v) is 3.12. The fourth-order valence-electron chi connectivity index (χ4n) is 2.95. The molecule has 2 heterocycles. The Bertz CT molecular complexity index is 557. The third-order valence-electron chi connectivity index (χ3n) is 3.67. The first-order valence-electron chi connectivity index (χ1n) is 6.31. The summed E-state index contributed by atoms with van der Waals surface area (Å²) in [7, 11) is 0. The van der Waals surface area contributed by atoms with Crippen molar-refractivity contribution < 1.29 is 0 Å². The van der Waals surface area contributed by atoms with Crippen molar-refractivity contribution >= 4 is 22.5 Å². The summed E-state index contributed by atoms with van der Waals surface area (Å²) in [4.78, 5) is 0. The van der Waals surface area contributed by atoms with Crippen molar-refractivity contribution in [2.24, 2.45) is 5.73 Å². The van der Waals surface area contributed by atoms with E-state index in [-0.39, 0.29) is 0 Å². The maximum atomic E-state index is 6.11. The van der Waals surface area contributed by atoms with Crippen LogP contribution in [-0.4, -0.2) is 11.1 Å². The molecule has 2 N–H and O–H groups in total. The van der Waals surface area contributed by atoms with E-state index in [1.807, 2.05) is 6.07 Å². The maximum Gasteiger partial charge on any atom is 0.0486 e. The zero-order valence-corrected chi connectivity index (χ0v) is 10.6. The molecule has 0 radical (unpaired) electrons. The second-order valence-electron chi connectivity index (χ2n) is 4.73. The minimum absolute atomic E-state index is 0.757. The molecule has 2 nitrogen and oxygen atoms in total. The summed E-state index contributed by atoms with van der Waals surface area (Å²) < 4.78 is 2.46. The third kappa shape index (κ3) is 1.76. The molecule has 0 fully saturated rings. The van der Waals surface area contributed by atoms with E-state index >= 15 is 0 Å². The lowest BCUT2D eigenvalue weighted by atomic mass is 10.0. The van der Waals surface area contributed by atoms with Gasteiger partial charge in [-0.15, -0.1) is 0 Å². The predicted molar refractivity (Wildman–Crippen MR) is 72.6 cm³/mol. The molecule has 0 saturated heterocycles. The van der Waals surface area contributed by atoms with E-state index in [0.717, 1.165) is 31.0 Å². The molecule has 1 aromatic carbocycles. The van der Waals surface area contributed by atoms with Crippen LogP contribution in [0.1, 0.15) is 24.1 Å². The van der Waals surface area contributed by atoms with Gasteiger partial charge in [-0.05, 0) is 56.0 Å². The topological polar surface area (TPSA) is 30.9 Å². The van der Waals surface area contributed by atoms with E-state index in [4.69, 9.17) is 17.3 Å². The highest BCUT2D eigenvalue weighted by Gasteiger charge is 2.20. The van der Waals surface area contributed by atoms with Crippen LogP contribution in [0.25, 0.3) is 10.9 Å². The normalized spacial score (nSPS) is 14.5. The zero-order valence-electron chi connectivity index (χ0n) is 9.88. The number of nitrogens with zero attached hydrogens (tertiary/aromatic N) is 1.